The molecular formula is C9H8ClF3N2O. The summed E-state index contributed by atoms with van der Waals surface area (Å²) in [5.41, 5.74) is -1.02. The summed E-state index contributed by atoms with van der Waals surface area (Å²) in [4.78, 5) is 14.2. The van der Waals surface area contributed by atoms with Gasteiger partial charge >= 0.3 is 6.18 Å². The second-order valence-electron chi connectivity index (χ2n) is 2.93. The van der Waals surface area contributed by atoms with E-state index >= 15 is 0 Å². The normalized spacial score (nSPS) is 11.3. The second kappa shape index (κ2) is 4.69. The fourth-order valence-electron chi connectivity index (χ4n) is 0.924. The van der Waals surface area contributed by atoms with Gasteiger partial charge in [-0.15, -0.1) is 0 Å². The monoisotopic (exact) mass is 252 g/mol. The minimum absolute atomic E-state index is 0.0708. The van der Waals surface area contributed by atoms with Gasteiger partial charge in [-0.05, 0) is 12.1 Å². The van der Waals surface area contributed by atoms with E-state index in [-0.39, 0.29) is 23.2 Å². The van der Waals surface area contributed by atoms with Crippen molar-refractivity contribution in [3.05, 3.63) is 23.0 Å². The van der Waals surface area contributed by atoms with Gasteiger partial charge in [0.15, 0.2) is 5.15 Å². The summed E-state index contributed by atoms with van der Waals surface area (Å²) in [5, 5.41) is 1.96. The third-order valence-electron chi connectivity index (χ3n) is 1.73. The van der Waals surface area contributed by atoms with Gasteiger partial charge in [-0.1, -0.05) is 18.5 Å². The van der Waals surface area contributed by atoms with Crippen molar-refractivity contribution in [2.45, 2.75) is 19.5 Å². The summed E-state index contributed by atoms with van der Waals surface area (Å²) in [6.45, 7) is 1.61. The van der Waals surface area contributed by atoms with Crippen molar-refractivity contribution in [1.29, 1.82) is 0 Å². The first-order valence-electron chi connectivity index (χ1n) is 4.38. The van der Waals surface area contributed by atoms with Crippen molar-refractivity contribution in [3.63, 3.8) is 0 Å². The van der Waals surface area contributed by atoms with E-state index in [1.165, 1.54) is 0 Å². The molecule has 7 heteroatoms. The summed E-state index contributed by atoms with van der Waals surface area (Å²) in [7, 11) is 0. The Labute approximate surface area is 94.6 Å². The number of pyridine rings is 1. The molecule has 88 valence electrons. The highest BCUT2D eigenvalue weighted by Gasteiger charge is 2.32. The van der Waals surface area contributed by atoms with Gasteiger partial charge in [0.25, 0.3) is 0 Å². The lowest BCUT2D eigenvalue weighted by Crippen LogP contribution is -2.12. The van der Waals surface area contributed by atoms with Crippen LogP contribution >= 0.6 is 11.6 Å². The highest BCUT2D eigenvalue weighted by Crippen LogP contribution is 2.30. The van der Waals surface area contributed by atoms with Crippen LogP contribution in [0.5, 0.6) is 0 Å². The number of aromatic nitrogens is 1. The van der Waals surface area contributed by atoms with Gasteiger partial charge < -0.3 is 5.32 Å². The highest BCUT2D eigenvalue weighted by atomic mass is 35.5. The van der Waals surface area contributed by atoms with E-state index in [1.54, 1.807) is 6.92 Å². The van der Waals surface area contributed by atoms with Gasteiger partial charge in [-0.2, -0.15) is 13.2 Å². The molecule has 0 aromatic carbocycles. The van der Waals surface area contributed by atoms with Crippen molar-refractivity contribution in [2.75, 3.05) is 5.32 Å². The number of carbonyl (C=O) groups excluding carboxylic acids is 1. The molecule has 1 heterocycles. The molecule has 0 saturated carbocycles. The quantitative estimate of drug-likeness (QED) is 0.822. The van der Waals surface area contributed by atoms with Crippen LogP contribution < -0.4 is 5.32 Å². The molecular weight excluding hydrogens is 245 g/mol. The zero-order valence-corrected chi connectivity index (χ0v) is 8.99. The second-order valence-corrected chi connectivity index (χ2v) is 3.29. The van der Waals surface area contributed by atoms with Gasteiger partial charge in [0.05, 0.1) is 5.69 Å². The van der Waals surface area contributed by atoms with E-state index in [0.29, 0.717) is 0 Å². The lowest BCUT2D eigenvalue weighted by atomic mass is 10.3. The molecule has 1 rings (SSSR count). The molecule has 0 saturated heterocycles. The van der Waals surface area contributed by atoms with Crippen molar-refractivity contribution in [3.8, 4) is 0 Å². The molecule has 0 aliphatic rings. The van der Waals surface area contributed by atoms with Gasteiger partial charge in [-0.25, -0.2) is 4.98 Å². The van der Waals surface area contributed by atoms with Crippen molar-refractivity contribution in [2.24, 2.45) is 0 Å². The van der Waals surface area contributed by atoms with Crippen molar-refractivity contribution >= 4 is 23.2 Å². The first-order valence-corrected chi connectivity index (χ1v) is 4.76. The molecule has 16 heavy (non-hydrogen) atoms. The van der Waals surface area contributed by atoms with Crippen LogP contribution in [-0.4, -0.2) is 10.9 Å². The average Bonchev–Trinajstić information content (AvgIpc) is 2.19. The predicted molar refractivity (Wildman–Crippen MR) is 53.2 cm³/mol. The Morgan fingerprint density at radius 2 is 2.12 bits per heavy atom. The van der Waals surface area contributed by atoms with Crippen LogP contribution in [0.4, 0.5) is 18.9 Å². The molecule has 0 spiro atoms. The summed E-state index contributed by atoms with van der Waals surface area (Å²) >= 11 is 5.51. The molecule has 1 amide bonds. The number of nitrogens with zero attached hydrogens (tertiary/aromatic N) is 1. The number of carbonyl (C=O) groups is 1. The number of hydrogen-bond donors (Lipinski definition) is 1. The minimum Gasteiger partial charge on any atom is -0.323 e. The van der Waals surface area contributed by atoms with Crippen LogP contribution in [0.25, 0.3) is 0 Å². The smallest absolute Gasteiger partial charge is 0.323 e. The third-order valence-corrected chi connectivity index (χ3v) is 2.02. The number of amides is 1. The molecule has 0 unspecified atom stereocenters. The molecule has 0 radical (unpaired) electrons. The molecule has 3 nitrogen and oxygen atoms in total. The van der Waals surface area contributed by atoms with E-state index < -0.39 is 11.9 Å². The van der Waals surface area contributed by atoms with Gasteiger partial charge in [0, 0.05) is 6.42 Å². The van der Waals surface area contributed by atoms with E-state index in [9.17, 15) is 18.0 Å². The molecule has 1 N–H and O–H groups in total. The number of rotatable bonds is 2. The molecule has 0 aliphatic carbocycles. The average molecular weight is 253 g/mol. The molecule has 0 bridgehead atoms. The SMILES string of the molecule is CCC(=O)Nc1ccc(C(F)(F)F)nc1Cl. The molecule has 1 aromatic rings. The minimum atomic E-state index is -4.54. The third kappa shape index (κ3) is 3.10. The Balaban J connectivity index is 2.96. The van der Waals surface area contributed by atoms with Gasteiger partial charge in [-0.3, -0.25) is 4.79 Å². The number of nitrogens with one attached hydrogen (secondary N) is 1. The topological polar surface area (TPSA) is 42.0 Å². The van der Waals surface area contributed by atoms with Gasteiger partial charge in [0.2, 0.25) is 5.91 Å². The largest absolute Gasteiger partial charge is 0.433 e. The first kappa shape index (κ1) is 12.8. The standard InChI is InChI=1S/C9H8ClF3N2O/c1-2-7(16)14-5-3-4-6(9(11,12)13)15-8(5)10/h3-4H,2H2,1H3,(H,14,16). The van der Waals surface area contributed by atoms with E-state index in [0.717, 1.165) is 12.1 Å². The molecule has 0 atom stereocenters. The Bertz CT molecular complexity index is 406. The maximum Gasteiger partial charge on any atom is 0.433 e. The zero-order chi connectivity index (χ0) is 12.3. The Morgan fingerprint density at radius 3 is 2.56 bits per heavy atom. The maximum atomic E-state index is 12.2. The van der Waals surface area contributed by atoms with Crippen molar-refractivity contribution in [1.82, 2.24) is 4.98 Å². The van der Waals surface area contributed by atoms with Crippen LogP contribution in [0, 0.1) is 0 Å². The zero-order valence-electron chi connectivity index (χ0n) is 8.23. The van der Waals surface area contributed by atoms with Crippen LogP contribution in [0.2, 0.25) is 5.15 Å². The van der Waals surface area contributed by atoms with Crippen molar-refractivity contribution < 1.29 is 18.0 Å². The fraction of sp³-hybridized carbons (Fsp3) is 0.333. The van der Waals surface area contributed by atoms with Crippen LogP contribution in [0.3, 0.4) is 0 Å². The number of alkyl halides is 3. The molecule has 0 fully saturated rings. The predicted octanol–water partition coefficient (Wildman–Crippen LogP) is 3.10. The fourth-order valence-corrected chi connectivity index (χ4v) is 1.13. The first-order chi connectivity index (χ1) is 7.34. The highest BCUT2D eigenvalue weighted by molar-refractivity contribution is 6.32. The van der Waals surface area contributed by atoms with Crippen LogP contribution in [0.15, 0.2) is 12.1 Å². The summed E-state index contributed by atoms with van der Waals surface area (Å²) in [6, 6.07) is 1.84. The van der Waals surface area contributed by atoms with Gasteiger partial charge in [0.1, 0.15) is 5.69 Å². The number of halogens is 4. The van der Waals surface area contributed by atoms with E-state index in [1.807, 2.05) is 0 Å². The Morgan fingerprint density at radius 1 is 1.50 bits per heavy atom. The maximum absolute atomic E-state index is 12.2. The summed E-state index contributed by atoms with van der Waals surface area (Å²) in [5.74, 6) is -0.344. The Hall–Kier alpha value is -1.30. The van der Waals surface area contributed by atoms with Crippen LogP contribution in [0.1, 0.15) is 19.0 Å². The summed E-state index contributed by atoms with van der Waals surface area (Å²) < 4.78 is 36.7. The van der Waals surface area contributed by atoms with E-state index in [2.05, 4.69) is 10.3 Å². The number of hydrogen-bond acceptors (Lipinski definition) is 2. The Kier molecular flexibility index (Phi) is 3.74. The number of anilines is 1. The molecule has 1 aromatic heterocycles. The lowest BCUT2D eigenvalue weighted by Gasteiger charge is -2.09. The molecule has 0 aliphatic heterocycles. The summed E-state index contributed by atoms with van der Waals surface area (Å²) in [6.07, 6.45) is -4.34. The van der Waals surface area contributed by atoms with Crippen LogP contribution in [-0.2, 0) is 11.0 Å². The lowest BCUT2D eigenvalue weighted by molar-refractivity contribution is -0.141. The van der Waals surface area contributed by atoms with E-state index in [4.69, 9.17) is 11.6 Å².